The van der Waals surface area contributed by atoms with Crippen LogP contribution in [-0.2, 0) is 33.7 Å². The van der Waals surface area contributed by atoms with Crippen LogP contribution in [-0.4, -0.2) is 33.7 Å². The number of carbonyl (C=O) groups is 1. The lowest BCUT2D eigenvalue weighted by atomic mass is 9.99. The van der Waals surface area contributed by atoms with Crippen molar-refractivity contribution >= 4 is 26.8 Å². The Balaban J connectivity index is 2.03. The van der Waals surface area contributed by atoms with Crippen molar-refractivity contribution in [1.29, 1.82) is 0 Å². The highest BCUT2D eigenvalue weighted by Crippen LogP contribution is 2.27. The average Bonchev–Trinajstić information content (AvgIpc) is 3.24. The lowest BCUT2D eigenvalue weighted by molar-refractivity contribution is -0.119. The van der Waals surface area contributed by atoms with Crippen LogP contribution in [0.1, 0.15) is 52.0 Å². The molecule has 33 heavy (non-hydrogen) atoms. The van der Waals surface area contributed by atoms with E-state index < -0.39 is 33.1 Å². The van der Waals surface area contributed by atoms with Crippen LogP contribution in [0.5, 0.6) is 0 Å². The van der Waals surface area contributed by atoms with Gasteiger partial charge in [0.05, 0.1) is 16.6 Å². The third-order valence-electron chi connectivity index (χ3n) is 5.45. The molecule has 0 spiro atoms. The number of hydrogen-bond donors (Lipinski definition) is 2. The van der Waals surface area contributed by atoms with Gasteiger partial charge in [0.15, 0.2) is 5.88 Å². The molecule has 0 bridgehead atoms. The van der Waals surface area contributed by atoms with Gasteiger partial charge in [0.25, 0.3) is 15.6 Å². The van der Waals surface area contributed by atoms with E-state index in [0.29, 0.717) is 29.5 Å². The molecule has 0 saturated heterocycles. The molecule has 0 saturated carbocycles. The molecule has 3 aromatic rings. The van der Waals surface area contributed by atoms with E-state index in [1.165, 1.54) is 0 Å². The molecule has 11 heteroatoms. The minimum absolute atomic E-state index is 0.0598. The van der Waals surface area contributed by atoms with Gasteiger partial charge in [0.1, 0.15) is 0 Å². The monoisotopic (exact) mass is 475 g/mol. The summed E-state index contributed by atoms with van der Waals surface area (Å²) in [5.74, 6) is -1.61. The Labute approximate surface area is 191 Å². The number of aromatic nitrogens is 4. The predicted molar refractivity (Wildman–Crippen MR) is 126 cm³/mol. The smallest absolute Gasteiger partial charge is 0.307 e. The van der Waals surface area contributed by atoms with E-state index in [1.807, 2.05) is 31.6 Å². The van der Waals surface area contributed by atoms with Crippen LogP contribution in [0.15, 0.2) is 34.0 Å². The SMILES string of the molecule is CCCCCC(=O)NS(=O)(=O)Cn1c(=O)[nH]c2cc(CC)c(-c3ccnn3CC)cc2c1=O. The van der Waals surface area contributed by atoms with Gasteiger partial charge in [0.2, 0.25) is 5.91 Å². The largest absolute Gasteiger partial charge is 0.329 e. The van der Waals surface area contributed by atoms with Gasteiger partial charge < -0.3 is 4.98 Å². The Kier molecular flexibility index (Phi) is 7.52. The third-order valence-corrected chi connectivity index (χ3v) is 6.59. The summed E-state index contributed by atoms with van der Waals surface area (Å²) in [5.41, 5.74) is 1.24. The zero-order valence-electron chi connectivity index (χ0n) is 19.1. The second kappa shape index (κ2) is 10.2. The number of aryl methyl sites for hydroxylation is 2. The van der Waals surface area contributed by atoms with Crippen LogP contribution < -0.4 is 16.0 Å². The zero-order chi connectivity index (χ0) is 24.2. The van der Waals surface area contributed by atoms with Gasteiger partial charge in [0, 0.05) is 24.7 Å². The van der Waals surface area contributed by atoms with Gasteiger partial charge in [-0.3, -0.25) is 19.0 Å². The number of carbonyl (C=O) groups excluding carboxylic acids is 1. The second-order valence-electron chi connectivity index (χ2n) is 7.83. The molecule has 0 fully saturated rings. The summed E-state index contributed by atoms with van der Waals surface area (Å²) in [7, 11) is -4.23. The molecule has 10 nitrogen and oxygen atoms in total. The maximum absolute atomic E-state index is 13.1. The highest BCUT2D eigenvalue weighted by molar-refractivity contribution is 7.89. The molecule has 0 unspecified atom stereocenters. The number of amides is 1. The fourth-order valence-electron chi connectivity index (χ4n) is 3.77. The van der Waals surface area contributed by atoms with Crippen LogP contribution in [0, 0.1) is 0 Å². The Bertz CT molecular complexity index is 1380. The van der Waals surface area contributed by atoms with Gasteiger partial charge >= 0.3 is 5.69 Å². The quantitative estimate of drug-likeness (QED) is 0.431. The number of unbranched alkanes of at least 4 members (excludes halogenated alkanes) is 2. The first-order valence-electron chi connectivity index (χ1n) is 11.1. The van der Waals surface area contributed by atoms with Crippen LogP contribution in [0.2, 0.25) is 0 Å². The molecule has 1 amide bonds. The van der Waals surface area contributed by atoms with Gasteiger partial charge in [-0.25, -0.2) is 17.8 Å². The van der Waals surface area contributed by atoms with Crippen LogP contribution in [0.25, 0.3) is 22.2 Å². The van der Waals surface area contributed by atoms with Gasteiger partial charge in [-0.15, -0.1) is 0 Å². The predicted octanol–water partition coefficient (Wildman–Crippen LogP) is 2.12. The maximum atomic E-state index is 13.1. The highest BCUT2D eigenvalue weighted by atomic mass is 32.2. The number of nitrogens with zero attached hydrogens (tertiary/aromatic N) is 3. The van der Waals surface area contributed by atoms with Gasteiger partial charge in [-0.2, -0.15) is 5.10 Å². The Morgan fingerprint density at radius 2 is 1.91 bits per heavy atom. The minimum atomic E-state index is -4.23. The molecule has 0 radical (unpaired) electrons. The summed E-state index contributed by atoms with van der Waals surface area (Å²) in [5, 5.41) is 4.46. The molecular weight excluding hydrogens is 446 g/mol. The number of hydrogen-bond acceptors (Lipinski definition) is 6. The summed E-state index contributed by atoms with van der Waals surface area (Å²) < 4.78 is 29.3. The average molecular weight is 476 g/mol. The number of rotatable bonds is 10. The number of H-pyrrole nitrogens is 1. The molecule has 0 aliphatic carbocycles. The van der Waals surface area contributed by atoms with E-state index in [1.54, 1.807) is 23.0 Å². The lowest BCUT2D eigenvalue weighted by Gasteiger charge is -2.13. The van der Waals surface area contributed by atoms with Crippen molar-refractivity contribution in [3.05, 3.63) is 50.8 Å². The lowest BCUT2D eigenvalue weighted by Crippen LogP contribution is -2.41. The van der Waals surface area contributed by atoms with Crippen molar-refractivity contribution in [3.8, 4) is 11.3 Å². The van der Waals surface area contributed by atoms with Crippen LogP contribution >= 0.6 is 0 Å². The molecule has 0 aliphatic heterocycles. The number of sulfonamides is 1. The molecule has 2 N–H and O–H groups in total. The Morgan fingerprint density at radius 3 is 2.58 bits per heavy atom. The molecular formula is C22H29N5O5S. The number of nitrogens with one attached hydrogen (secondary N) is 2. The first kappa shape index (κ1) is 24.4. The fourth-order valence-corrected chi connectivity index (χ4v) is 4.86. The van der Waals surface area contributed by atoms with Crippen molar-refractivity contribution < 1.29 is 13.2 Å². The van der Waals surface area contributed by atoms with E-state index in [0.717, 1.165) is 29.7 Å². The Hall–Kier alpha value is -3.21. The zero-order valence-corrected chi connectivity index (χ0v) is 19.9. The summed E-state index contributed by atoms with van der Waals surface area (Å²) in [6, 6.07) is 5.23. The third kappa shape index (κ3) is 5.41. The molecule has 3 rings (SSSR count). The first-order chi connectivity index (χ1) is 15.7. The van der Waals surface area contributed by atoms with Crippen molar-refractivity contribution in [1.82, 2.24) is 24.1 Å². The molecule has 178 valence electrons. The molecule has 2 aromatic heterocycles. The number of aromatic amines is 1. The molecule has 2 heterocycles. The van der Waals surface area contributed by atoms with Crippen molar-refractivity contribution in [2.24, 2.45) is 0 Å². The van der Waals surface area contributed by atoms with E-state index in [9.17, 15) is 22.8 Å². The van der Waals surface area contributed by atoms with Crippen LogP contribution in [0.3, 0.4) is 0 Å². The molecule has 1 aromatic carbocycles. The van der Waals surface area contributed by atoms with Crippen molar-refractivity contribution in [2.75, 3.05) is 0 Å². The topological polar surface area (TPSA) is 136 Å². The van der Waals surface area contributed by atoms with E-state index in [4.69, 9.17) is 0 Å². The Morgan fingerprint density at radius 1 is 1.15 bits per heavy atom. The van der Waals surface area contributed by atoms with Crippen LogP contribution in [0.4, 0.5) is 0 Å². The summed E-state index contributed by atoms with van der Waals surface area (Å²) >= 11 is 0. The molecule has 0 atom stereocenters. The maximum Gasteiger partial charge on any atom is 0.329 e. The molecule has 0 aliphatic rings. The highest BCUT2D eigenvalue weighted by Gasteiger charge is 2.20. The summed E-state index contributed by atoms with van der Waals surface area (Å²) in [6.07, 6.45) is 4.64. The van der Waals surface area contributed by atoms with Crippen molar-refractivity contribution in [3.63, 3.8) is 0 Å². The van der Waals surface area contributed by atoms with Crippen molar-refractivity contribution in [2.45, 2.75) is 65.3 Å². The number of fused-ring (bicyclic) bond motifs is 1. The van der Waals surface area contributed by atoms with E-state index in [-0.39, 0.29) is 11.8 Å². The standard InChI is InChI=1S/C22H29N5O5S/c1-4-7-8-9-20(28)25-33(31,32)14-26-21(29)17-13-16(19-10-11-23-27(19)6-3)15(5-2)12-18(17)24-22(26)30/h10-13H,4-9,14H2,1-3H3,(H,24,30)(H,25,28). The normalized spacial score (nSPS) is 11.7. The second-order valence-corrected chi connectivity index (χ2v) is 9.52. The van der Waals surface area contributed by atoms with Gasteiger partial charge in [-0.1, -0.05) is 26.7 Å². The summed E-state index contributed by atoms with van der Waals surface area (Å²) in [6.45, 7) is 6.52. The fraction of sp³-hybridized carbons (Fsp3) is 0.455. The first-order valence-corrected chi connectivity index (χ1v) is 12.7. The van der Waals surface area contributed by atoms with E-state index in [2.05, 4.69) is 10.1 Å². The van der Waals surface area contributed by atoms with Gasteiger partial charge in [-0.05, 0) is 43.5 Å². The summed E-state index contributed by atoms with van der Waals surface area (Å²) in [4.78, 5) is 40.2. The minimum Gasteiger partial charge on any atom is -0.307 e. The van der Waals surface area contributed by atoms with E-state index >= 15 is 0 Å². The number of benzene rings is 1.